The van der Waals surface area contributed by atoms with Gasteiger partial charge in [-0.2, -0.15) is 0 Å². The summed E-state index contributed by atoms with van der Waals surface area (Å²) >= 11 is 7.72. The second-order valence-electron chi connectivity index (χ2n) is 6.04. The van der Waals surface area contributed by atoms with Crippen molar-refractivity contribution in [3.8, 4) is 22.8 Å². The summed E-state index contributed by atoms with van der Waals surface area (Å²) in [5.41, 5.74) is 2.37. The smallest absolute Gasteiger partial charge is 0.278 e. The first-order valence-electron chi connectivity index (χ1n) is 8.62. The Morgan fingerprint density at radius 3 is 2.76 bits per heavy atom. The predicted octanol–water partition coefficient (Wildman–Crippen LogP) is 4.66. The van der Waals surface area contributed by atoms with Gasteiger partial charge < -0.3 is 9.47 Å². The molecule has 6 nitrogen and oxygen atoms in total. The Labute approximate surface area is 175 Å². The minimum Gasteiger partial charge on any atom is -0.497 e. The summed E-state index contributed by atoms with van der Waals surface area (Å²) < 4.78 is 12.2. The van der Waals surface area contributed by atoms with Crippen molar-refractivity contribution in [3.05, 3.63) is 74.7 Å². The average Bonchev–Trinajstić information content (AvgIpc) is 3.19. The molecule has 0 atom stereocenters. The van der Waals surface area contributed by atoms with E-state index in [2.05, 4.69) is 9.97 Å². The van der Waals surface area contributed by atoms with Crippen LogP contribution in [0, 0.1) is 0 Å². The lowest BCUT2D eigenvalue weighted by Gasteiger charge is -2.10. The van der Waals surface area contributed by atoms with Crippen molar-refractivity contribution < 1.29 is 9.47 Å². The first kappa shape index (κ1) is 19.2. The summed E-state index contributed by atoms with van der Waals surface area (Å²) in [6.45, 7) is 0. The molecule has 0 radical (unpaired) electrons. The molecule has 0 saturated carbocycles. The summed E-state index contributed by atoms with van der Waals surface area (Å²) in [6.07, 6.45) is 6.95. The van der Waals surface area contributed by atoms with Crippen LogP contribution in [0.15, 0.2) is 52.9 Å². The second-order valence-corrected chi connectivity index (χ2v) is 7.26. The molecule has 3 heterocycles. The van der Waals surface area contributed by atoms with E-state index >= 15 is 0 Å². The number of methoxy groups -OCH3 is 2. The molecule has 8 heteroatoms. The maximum atomic E-state index is 13.0. The number of nitrogens with zero attached hydrogens (tertiary/aromatic N) is 3. The Morgan fingerprint density at radius 1 is 1.17 bits per heavy atom. The first-order valence-corrected chi connectivity index (χ1v) is 9.88. The Balaban J connectivity index is 1.83. The van der Waals surface area contributed by atoms with Gasteiger partial charge in [-0.3, -0.25) is 9.78 Å². The van der Waals surface area contributed by atoms with Gasteiger partial charge in [0.05, 0.1) is 25.6 Å². The number of halogens is 1. The molecular weight excluding hydrogens is 410 g/mol. The number of ether oxygens (including phenoxy) is 2. The van der Waals surface area contributed by atoms with Gasteiger partial charge in [-0.25, -0.2) is 9.38 Å². The molecule has 0 N–H and O–H groups in total. The number of benzene rings is 1. The fourth-order valence-electron chi connectivity index (χ4n) is 2.90. The molecule has 0 bridgehead atoms. The van der Waals surface area contributed by atoms with Crippen molar-refractivity contribution in [2.75, 3.05) is 14.2 Å². The third-order valence-electron chi connectivity index (χ3n) is 4.34. The summed E-state index contributed by atoms with van der Waals surface area (Å²) in [6, 6.07) is 9.16. The molecule has 4 aromatic rings. The molecular formula is C21H16ClN3O3S. The maximum Gasteiger partial charge on any atom is 0.278 e. The van der Waals surface area contributed by atoms with Crippen molar-refractivity contribution in [3.63, 3.8) is 0 Å². The molecule has 0 saturated heterocycles. The van der Waals surface area contributed by atoms with Gasteiger partial charge >= 0.3 is 0 Å². The van der Waals surface area contributed by atoms with Gasteiger partial charge in [0, 0.05) is 29.4 Å². The molecule has 0 aliphatic heterocycles. The summed E-state index contributed by atoms with van der Waals surface area (Å²) in [4.78, 5) is 22.2. The van der Waals surface area contributed by atoms with E-state index in [1.54, 1.807) is 38.8 Å². The van der Waals surface area contributed by atoms with Crippen LogP contribution in [0.4, 0.5) is 0 Å². The van der Waals surface area contributed by atoms with Crippen molar-refractivity contribution in [1.82, 2.24) is 14.4 Å². The average molecular weight is 426 g/mol. The highest BCUT2D eigenvalue weighted by Gasteiger charge is 2.17. The number of aromatic nitrogens is 3. The van der Waals surface area contributed by atoms with Crippen molar-refractivity contribution in [2.24, 2.45) is 0 Å². The Morgan fingerprint density at radius 2 is 2.03 bits per heavy atom. The molecule has 3 aromatic heterocycles. The van der Waals surface area contributed by atoms with E-state index in [0.717, 1.165) is 11.1 Å². The number of fused-ring (bicyclic) bond motifs is 1. The summed E-state index contributed by atoms with van der Waals surface area (Å²) in [5, 5.41) is 1.91. The molecule has 0 unspecified atom stereocenters. The Kier molecular flexibility index (Phi) is 5.33. The first-order chi connectivity index (χ1) is 14.1. The van der Waals surface area contributed by atoms with Gasteiger partial charge in [0.1, 0.15) is 16.5 Å². The molecule has 1 aromatic carbocycles. The van der Waals surface area contributed by atoms with Crippen molar-refractivity contribution in [1.29, 1.82) is 0 Å². The molecule has 0 aliphatic rings. The molecule has 146 valence electrons. The van der Waals surface area contributed by atoms with Gasteiger partial charge in [-0.05, 0) is 29.8 Å². The van der Waals surface area contributed by atoms with Gasteiger partial charge in [0.15, 0.2) is 4.96 Å². The highest BCUT2D eigenvalue weighted by molar-refractivity contribution is 7.15. The van der Waals surface area contributed by atoms with Crippen molar-refractivity contribution >= 4 is 40.1 Å². The van der Waals surface area contributed by atoms with Crippen LogP contribution in [-0.2, 0) is 0 Å². The maximum absolute atomic E-state index is 13.0. The normalized spacial score (nSPS) is 11.3. The molecule has 0 spiro atoms. The van der Waals surface area contributed by atoms with E-state index in [9.17, 15) is 4.79 Å². The number of thiazole rings is 1. The lowest BCUT2D eigenvalue weighted by Crippen LogP contribution is -2.16. The third kappa shape index (κ3) is 3.62. The molecule has 29 heavy (non-hydrogen) atoms. The van der Waals surface area contributed by atoms with Gasteiger partial charge in [0.2, 0.25) is 0 Å². The lowest BCUT2D eigenvalue weighted by atomic mass is 10.1. The number of pyridine rings is 1. The zero-order valence-corrected chi connectivity index (χ0v) is 17.2. The van der Waals surface area contributed by atoms with E-state index in [1.165, 1.54) is 15.7 Å². The quantitative estimate of drug-likeness (QED) is 0.465. The molecule has 4 rings (SSSR count). The molecule has 0 fully saturated rings. The number of hydrogen-bond acceptors (Lipinski definition) is 6. The van der Waals surface area contributed by atoms with Gasteiger partial charge in [-0.15, -0.1) is 11.3 Å². The minimum absolute atomic E-state index is 0.0507. The number of hydrogen-bond donors (Lipinski definition) is 0. The topological polar surface area (TPSA) is 65.7 Å². The molecule has 0 aliphatic carbocycles. The van der Waals surface area contributed by atoms with Gasteiger partial charge in [0.25, 0.3) is 5.56 Å². The minimum atomic E-state index is -0.336. The van der Waals surface area contributed by atoms with Crippen LogP contribution in [0.2, 0.25) is 5.02 Å². The van der Waals surface area contributed by atoms with Crippen LogP contribution in [-0.4, -0.2) is 28.6 Å². The van der Waals surface area contributed by atoms with E-state index < -0.39 is 0 Å². The largest absolute Gasteiger partial charge is 0.497 e. The van der Waals surface area contributed by atoms with Crippen molar-refractivity contribution in [2.45, 2.75) is 0 Å². The van der Waals surface area contributed by atoms with Crippen LogP contribution in [0.1, 0.15) is 11.3 Å². The summed E-state index contributed by atoms with van der Waals surface area (Å²) in [7, 11) is 3.16. The van der Waals surface area contributed by atoms with Crippen LogP contribution < -0.4 is 15.0 Å². The Hall–Kier alpha value is -3.16. The highest BCUT2D eigenvalue weighted by atomic mass is 35.5. The van der Waals surface area contributed by atoms with Crippen LogP contribution in [0.3, 0.4) is 0 Å². The third-order valence-corrected chi connectivity index (χ3v) is 5.52. The lowest BCUT2D eigenvalue weighted by molar-refractivity contribution is 0.395. The second kappa shape index (κ2) is 8.06. The predicted molar refractivity (Wildman–Crippen MR) is 116 cm³/mol. The monoisotopic (exact) mass is 425 g/mol. The van der Waals surface area contributed by atoms with E-state index in [0.29, 0.717) is 27.8 Å². The van der Waals surface area contributed by atoms with E-state index in [1.807, 2.05) is 35.7 Å². The van der Waals surface area contributed by atoms with Crippen LogP contribution in [0.5, 0.6) is 11.5 Å². The van der Waals surface area contributed by atoms with E-state index in [4.69, 9.17) is 21.1 Å². The van der Waals surface area contributed by atoms with Crippen LogP contribution >= 0.6 is 22.9 Å². The SMILES string of the molecule is COc1ccc(-c2csc3nc(C=Cc4cccnc4)c(Cl)c(=O)n23)c(OC)c1. The zero-order chi connectivity index (χ0) is 20.4. The zero-order valence-electron chi connectivity index (χ0n) is 15.6. The fraction of sp³-hybridized carbons (Fsp3) is 0.0952. The van der Waals surface area contributed by atoms with Crippen LogP contribution in [0.25, 0.3) is 28.4 Å². The standard InChI is InChI=1S/C21H16ClN3O3S/c1-27-14-6-7-15(18(10-14)28-2)17-12-29-21-24-16(19(22)20(26)25(17)21)8-5-13-4-3-9-23-11-13/h3-12H,1-2H3. The summed E-state index contributed by atoms with van der Waals surface area (Å²) in [5.74, 6) is 1.25. The van der Waals surface area contributed by atoms with E-state index in [-0.39, 0.29) is 10.6 Å². The number of rotatable bonds is 5. The highest BCUT2D eigenvalue weighted by Crippen LogP contribution is 2.35. The Bertz CT molecular complexity index is 1270. The van der Waals surface area contributed by atoms with Gasteiger partial charge in [-0.1, -0.05) is 23.7 Å². The fourth-order valence-corrected chi connectivity index (χ4v) is 3.98. The molecule has 0 amide bonds.